The van der Waals surface area contributed by atoms with Crippen LogP contribution >= 0.6 is 0 Å². The van der Waals surface area contributed by atoms with Crippen LogP contribution in [0.2, 0.25) is 0 Å². The number of hydrogen-bond acceptors (Lipinski definition) is 4. The van der Waals surface area contributed by atoms with Crippen LogP contribution in [-0.4, -0.2) is 39.8 Å². The molecule has 7 heteroatoms. The second-order valence-corrected chi connectivity index (χ2v) is 5.63. The average molecular weight is 338 g/mol. The first-order chi connectivity index (χ1) is 12.2. The van der Waals surface area contributed by atoms with Gasteiger partial charge in [-0.15, -0.1) is 0 Å². The van der Waals surface area contributed by atoms with Crippen LogP contribution in [0.4, 0.5) is 5.69 Å². The molecule has 2 aromatic carbocycles. The summed E-state index contributed by atoms with van der Waals surface area (Å²) in [6, 6.07) is 13.5. The van der Waals surface area contributed by atoms with Gasteiger partial charge < -0.3 is 15.7 Å². The normalized spacial score (nSPS) is 11.9. The number of aliphatic hydroxyl groups is 1. The Kier molecular flexibility index (Phi) is 5.06. The number of carbonyl (C=O) groups excluding carboxylic acids is 2. The molecule has 0 spiro atoms. The van der Waals surface area contributed by atoms with Gasteiger partial charge >= 0.3 is 0 Å². The van der Waals surface area contributed by atoms with E-state index in [0.717, 1.165) is 16.5 Å². The van der Waals surface area contributed by atoms with E-state index in [-0.39, 0.29) is 12.3 Å². The number of H-pyrrole nitrogens is 1. The van der Waals surface area contributed by atoms with E-state index in [1.807, 2.05) is 36.4 Å². The Morgan fingerprint density at radius 1 is 1.16 bits per heavy atom. The Hall–Kier alpha value is -3.19. The lowest BCUT2D eigenvalue weighted by Crippen LogP contribution is -2.46. The van der Waals surface area contributed by atoms with Crippen LogP contribution in [0.1, 0.15) is 5.56 Å². The lowest BCUT2D eigenvalue weighted by atomic mass is 10.1. The standard InChI is InChI=1S/C18H18N4O3/c23-11-16(21-17(24)8-12-4-2-1-3-5-12)18(25)20-14-7-6-13-10-19-22-15(13)9-14/h1-7,9-10,16,23H,8,11H2,(H,19,22)(H,20,25)(H,21,24)/t16-/m0/s1. The summed E-state index contributed by atoms with van der Waals surface area (Å²) in [6.07, 6.45) is 1.83. The first kappa shape index (κ1) is 16.7. The van der Waals surface area contributed by atoms with Crippen LogP contribution in [0.5, 0.6) is 0 Å². The minimum atomic E-state index is -1.02. The molecule has 0 saturated carbocycles. The molecule has 25 heavy (non-hydrogen) atoms. The van der Waals surface area contributed by atoms with Crippen molar-refractivity contribution in [2.45, 2.75) is 12.5 Å². The summed E-state index contributed by atoms with van der Waals surface area (Å²) >= 11 is 0. The van der Waals surface area contributed by atoms with Gasteiger partial charge in [0.15, 0.2) is 0 Å². The number of aromatic nitrogens is 2. The first-order valence-electron chi connectivity index (χ1n) is 7.84. The minimum absolute atomic E-state index is 0.144. The van der Waals surface area contributed by atoms with Crippen LogP contribution in [0, 0.1) is 0 Å². The Bertz CT molecular complexity index is 876. The number of nitrogens with one attached hydrogen (secondary N) is 3. The van der Waals surface area contributed by atoms with Crippen molar-refractivity contribution in [1.82, 2.24) is 15.5 Å². The molecule has 4 N–H and O–H groups in total. The lowest BCUT2D eigenvalue weighted by Gasteiger charge is -2.16. The molecule has 0 aliphatic carbocycles. The molecule has 3 aromatic rings. The molecule has 0 fully saturated rings. The maximum absolute atomic E-state index is 12.3. The van der Waals surface area contributed by atoms with E-state index in [2.05, 4.69) is 20.8 Å². The van der Waals surface area contributed by atoms with Crippen LogP contribution in [0.3, 0.4) is 0 Å². The number of anilines is 1. The molecule has 0 saturated heterocycles. The van der Waals surface area contributed by atoms with E-state index in [1.54, 1.807) is 18.3 Å². The number of aliphatic hydroxyl groups excluding tert-OH is 1. The van der Waals surface area contributed by atoms with Gasteiger partial charge in [0.2, 0.25) is 11.8 Å². The number of hydrogen-bond donors (Lipinski definition) is 4. The number of amides is 2. The molecule has 0 aliphatic heterocycles. The van der Waals surface area contributed by atoms with Gasteiger partial charge in [-0.1, -0.05) is 30.3 Å². The van der Waals surface area contributed by atoms with Gasteiger partial charge in [-0.3, -0.25) is 14.7 Å². The minimum Gasteiger partial charge on any atom is -0.394 e. The molecule has 1 aromatic heterocycles. The maximum Gasteiger partial charge on any atom is 0.249 e. The Labute approximate surface area is 144 Å². The number of nitrogens with zero attached hydrogens (tertiary/aromatic N) is 1. The van der Waals surface area contributed by atoms with Crippen LogP contribution in [0.15, 0.2) is 54.7 Å². The van der Waals surface area contributed by atoms with Gasteiger partial charge in [0.25, 0.3) is 0 Å². The average Bonchev–Trinajstić information content (AvgIpc) is 3.08. The molecular weight excluding hydrogens is 320 g/mol. The van der Waals surface area contributed by atoms with Gasteiger partial charge in [0.05, 0.1) is 24.7 Å². The number of carbonyl (C=O) groups is 2. The quantitative estimate of drug-likeness (QED) is 0.542. The Morgan fingerprint density at radius 2 is 1.96 bits per heavy atom. The van der Waals surface area contributed by atoms with Crippen LogP contribution in [-0.2, 0) is 16.0 Å². The molecule has 7 nitrogen and oxygen atoms in total. The third kappa shape index (κ3) is 4.21. The zero-order valence-electron chi connectivity index (χ0n) is 13.4. The van der Waals surface area contributed by atoms with E-state index < -0.39 is 18.6 Å². The van der Waals surface area contributed by atoms with Crippen molar-refractivity contribution < 1.29 is 14.7 Å². The third-order valence-electron chi connectivity index (χ3n) is 3.75. The van der Waals surface area contributed by atoms with Crippen molar-refractivity contribution in [2.75, 3.05) is 11.9 Å². The molecule has 3 rings (SSSR count). The van der Waals surface area contributed by atoms with Gasteiger partial charge in [0.1, 0.15) is 6.04 Å². The molecule has 0 unspecified atom stereocenters. The molecule has 0 bridgehead atoms. The predicted octanol–water partition coefficient (Wildman–Crippen LogP) is 1.22. The monoisotopic (exact) mass is 338 g/mol. The molecule has 0 radical (unpaired) electrons. The summed E-state index contributed by atoms with van der Waals surface area (Å²) in [6.45, 7) is -0.487. The number of fused-ring (bicyclic) bond motifs is 1. The van der Waals surface area contributed by atoms with Crippen LogP contribution < -0.4 is 10.6 Å². The van der Waals surface area contributed by atoms with Crippen LogP contribution in [0.25, 0.3) is 10.9 Å². The summed E-state index contributed by atoms with van der Waals surface area (Å²) in [7, 11) is 0. The molecule has 2 amide bonds. The second-order valence-electron chi connectivity index (χ2n) is 5.63. The highest BCUT2D eigenvalue weighted by molar-refractivity contribution is 5.98. The number of rotatable bonds is 6. The number of aromatic amines is 1. The van der Waals surface area contributed by atoms with Crippen molar-refractivity contribution in [1.29, 1.82) is 0 Å². The Morgan fingerprint density at radius 3 is 2.72 bits per heavy atom. The SMILES string of the molecule is O=C(Cc1ccccc1)N[C@@H](CO)C(=O)Nc1ccc2cn[nH]c2c1. The summed E-state index contributed by atoms with van der Waals surface area (Å²) in [4.78, 5) is 24.4. The Balaban J connectivity index is 1.61. The summed E-state index contributed by atoms with van der Waals surface area (Å²) in [5.41, 5.74) is 2.17. The fourth-order valence-electron chi connectivity index (χ4n) is 2.46. The van der Waals surface area contributed by atoms with Crippen molar-refractivity contribution in [2.24, 2.45) is 0 Å². The maximum atomic E-state index is 12.3. The smallest absolute Gasteiger partial charge is 0.249 e. The molecular formula is C18H18N4O3. The zero-order valence-corrected chi connectivity index (χ0v) is 13.4. The number of benzene rings is 2. The molecule has 128 valence electrons. The highest BCUT2D eigenvalue weighted by atomic mass is 16.3. The van der Waals surface area contributed by atoms with Gasteiger partial charge in [-0.2, -0.15) is 5.10 Å². The lowest BCUT2D eigenvalue weighted by molar-refractivity contribution is -0.126. The topological polar surface area (TPSA) is 107 Å². The van der Waals surface area contributed by atoms with Crippen molar-refractivity contribution in [3.8, 4) is 0 Å². The van der Waals surface area contributed by atoms with Gasteiger partial charge in [0, 0.05) is 11.1 Å². The van der Waals surface area contributed by atoms with E-state index in [9.17, 15) is 14.7 Å². The van der Waals surface area contributed by atoms with Crippen molar-refractivity contribution in [3.63, 3.8) is 0 Å². The predicted molar refractivity (Wildman–Crippen MR) is 93.9 cm³/mol. The first-order valence-corrected chi connectivity index (χ1v) is 7.84. The highest BCUT2D eigenvalue weighted by Crippen LogP contribution is 2.16. The second kappa shape index (κ2) is 7.59. The van der Waals surface area contributed by atoms with Crippen molar-refractivity contribution in [3.05, 3.63) is 60.3 Å². The van der Waals surface area contributed by atoms with E-state index in [0.29, 0.717) is 5.69 Å². The molecule has 1 heterocycles. The van der Waals surface area contributed by atoms with Gasteiger partial charge in [-0.05, 0) is 23.8 Å². The fraction of sp³-hybridized carbons (Fsp3) is 0.167. The third-order valence-corrected chi connectivity index (χ3v) is 3.75. The zero-order chi connectivity index (χ0) is 17.6. The molecule has 1 atom stereocenters. The van der Waals surface area contributed by atoms with E-state index >= 15 is 0 Å². The summed E-state index contributed by atoms with van der Waals surface area (Å²) in [5, 5.41) is 22.3. The highest BCUT2D eigenvalue weighted by Gasteiger charge is 2.20. The van der Waals surface area contributed by atoms with E-state index in [1.165, 1.54) is 0 Å². The van der Waals surface area contributed by atoms with Crippen molar-refractivity contribution >= 4 is 28.4 Å². The van der Waals surface area contributed by atoms with E-state index in [4.69, 9.17) is 0 Å². The van der Waals surface area contributed by atoms with Gasteiger partial charge in [-0.25, -0.2) is 0 Å². The largest absolute Gasteiger partial charge is 0.394 e. The summed E-state index contributed by atoms with van der Waals surface area (Å²) < 4.78 is 0. The molecule has 0 aliphatic rings. The summed E-state index contributed by atoms with van der Waals surface area (Å²) in [5.74, 6) is -0.813. The fourth-order valence-corrected chi connectivity index (χ4v) is 2.46.